The van der Waals surface area contributed by atoms with E-state index in [9.17, 15) is 9.59 Å². The summed E-state index contributed by atoms with van der Waals surface area (Å²) < 4.78 is 1.16. The maximum absolute atomic E-state index is 12.1. The van der Waals surface area contributed by atoms with Crippen molar-refractivity contribution in [3.05, 3.63) is 46.8 Å². The van der Waals surface area contributed by atoms with Gasteiger partial charge in [-0.3, -0.25) is 9.48 Å². The van der Waals surface area contributed by atoms with Gasteiger partial charge in [-0.25, -0.2) is 4.79 Å². The lowest BCUT2D eigenvalue weighted by Gasteiger charge is -2.07. The number of carbonyl (C=O) groups excluding carboxylic acids is 1. The van der Waals surface area contributed by atoms with Crippen LogP contribution in [-0.4, -0.2) is 26.8 Å². The van der Waals surface area contributed by atoms with E-state index in [1.165, 1.54) is 13.2 Å². The van der Waals surface area contributed by atoms with Gasteiger partial charge in [0.1, 0.15) is 0 Å². The zero-order valence-corrected chi connectivity index (χ0v) is 11.5. The molecule has 0 bridgehead atoms. The van der Waals surface area contributed by atoms with Gasteiger partial charge in [0.25, 0.3) is 5.91 Å². The number of carboxylic acids is 1. The van der Waals surface area contributed by atoms with Crippen molar-refractivity contribution in [3.8, 4) is 0 Å². The molecule has 0 aliphatic heterocycles. The number of carbonyl (C=O) groups is 2. The Morgan fingerprint density at radius 2 is 1.95 bits per heavy atom. The third-order valence-corrected chi connectivity index (χ3v) is 3.15. The zero-order chi connectivity index (χ0) is 14.9. The van der Waals surface area contributed by atoms with Crippen molar-refractivity contribution < 1.29 is 14.7 Å². The monoisotopic (exact) mass is 273 g/mol. The van der Waals surface area contributed by atoms with E-state index in [-0.39, 0.29) is 11.3 Å². The molecule has 0 saturated carbocycles. The molecule has 1 aromatic carbocycles. The smallest absolute Gasteiger partial charge is 0.354 e. The molecule has 6 heteroatoms. The van der Waals surface area contributed by atoms with Gasteiger partial charge in [-0.05, 0) is 37.1 Å². The normalized spacial score (nSPS) is 10.3. The Balaban J connectivity index is 2.28. The average molecular weight is 273 g/mol. The standard InChI is InChI=1S/C14H15N3O3/c1-8-4-5-10(6-9(8)2)16-13(18)11-7-15-17(3)12(11)14(19)20/h4-7H,1-3H3,(H,16,18)(H,19,20). The first-order valence-electron chi connectivity index (χ1n) is 6.04. The SMILES string of the molecule is Cc1ccc(NC(=O)c2cnn(C)c2C(=O)O)cc1C. The predicted molar refractivity (Wildman–Crippen MR) is 74.0 cm³/mol. The molecular formula is C14H15N3O3. The number of hydrogen-bond acceptors (Lipinski definition) is 3. The first kappa shape index (κ1) is 13.8. The molecule has 1 heterocycles. The molecule has 0 saturated heterocycles. The second-order valence-electron chi connectivity index (χ2n) is 4.59. The second kappa shape index (κ2) is 5.16. The molecule has 0 radical (unpaired) electrons. The van der Waals surface area contributed by atoms with E-state index in [4.69, 9.17) is 5.11 Å². The maximum Gasteiger partial charge on any atom is 0.354 e. The summed E-state index contributed by atoms with van der Waals surface area (Å²) in [5, 5.41) is 15.6. The third kappa shape index (κ3) is 2.54. The van der Waals surface area contributed by atoms with Gasteiger partial charge in [-0.1, -0.05) is 6.07 Å². The van der Waals surface area contributed by atoms with E-state index in [1.807, 2.05) is 26.0 Å². The number of hydrogen-bond donors (Lipinski definition) is 2. The molecule has 2 N–H and O–H groups in total. The lowest BCUT2D eigenvalue weighted by Crippen LogP contribution is -2.17. The van der Waals surface area contributed by atoms with Crippen LogP contribution in [0.25, 0.3) is 0 Å². The molecule has 1 aromatic heterocycles. The average Bonchev–Trinajstić information content (AvgIpc) is 2.76. The fourth-order valence-corrected chi connectivity index (χ4v) is 1.87. The van der Waals surface area contributed by atoms with Crippen molar-refractivity contribution in [3.63, 3.8) is 0 Å². The van der Waals surface area contributed by atoms with Gasteiger partial charge >= 0.3 is 5.97 Å². The minimum absolute atomic E-state index is 0.0400. The Morgan fingerprint density at radius 3 is 2.55 bits per heavy atom. The van der Waals surface area contributed by atoms with Crippen LogP contribution in [0.3, 0.4) is 0 Å². The molecule has 0 aliphatic carbocycles. The highest BCUT2D eigenvalue weighted by molar-refractivity contribution is 6.09. The highest BCUT2D eigenvalue weighted by atomic mass is 16.4. The molecule has 0 fully saturated rings. The van der Waals surface area contributed by atoms with Crippen LogP contribution >= 0.6 is 0 Å². The Hall–Kier alpha value is -2.63. The van der Waals surface area contributed by atoms with Crippen molar-refractivity contribution in [1.29, 1.82) is 0 Å². The van der Waals surface area contributed by atoms with Crippen LogP contribution in [0.2, 0.25) is 0 Å². The van der Waals surface area contributed by atoms with Crippen molar-refractivity contribution in [2.24, 2.45) is 7.05 Å². The minimum atomic E-state index is -1.18. The molecule has 0 unspecified atom stereocenters. The van der Waals surface area contributed by atoms with Crippen LogP contribution < -0.4 is 5.32 Å². The maximum atomic E-state index is 12.1. The number of aryl methyl sites for hydroxylation is 3. The summed E-state index contributed by atoms with van der Waals surface area (Å²) >= 11 is 0. The summed E-state index contributed by atoms with van der Waals surface area (Å²) in [5.74, 6) is -1.67. The summed E-state index contributed by atoms with van der Waals surface area (Å²) in [6, 6.07) is 5.51. The third-order valence-electron chi connectivity index (χ3n) is 3.15. The van der Waals surface area contributed by atoms with Gasteiger partial charge in [0.15, 0.2) is 5.69 Å². The van der Waals surface area contributed by atoms with Gasteiger partial charge in [-0.15, -0.1) is 0 Å². The fraction of sp³-hybridized carbons (Fsp3) is 0.214. The van der Waals surface area contributed by atoms with E-state index in [1.54, 1.807) is 6.07 Å². The van der Waals surface area contributed by atoms with Crippen LogP contribution in [-0.2, 0) is 7.05 Å². The number of aromatic carboxylic acids is 1. The van der Waals surface area contributed by atoms with E-state index in [0.717, 1.165) is 15.8 Å². The Kier molecular flexibility index (Phi) is 3.56. The van der Waals surface area contributed by atoms with Crippen molar-refractivity contribution >= 4 is 17.6 Å². The summed E-state index contributed by atoms with van der Waals surface area (Å²) in [4.78, 5) is 23.2. The number of rotatable bonds is 3. The van der Waals surface area contributed by atoms with E-state index in [2.05, 4.69) is 10.4 Å². The highest BCUT2D eigenvalue weighted by Crippen LogP contribution is 2.16. The van der Waals surface area contributed by atoms with E-state index >= 15 is 0 Å². The number of aromatic nitrogens is 2. The minimum Gasteiger partial charge on any atom is -0.477 e. The highest BCUT2D eigenvalue weighted by Gasteiger charge is 2.21. The number of nitrogens with one attached hydrogen (secondary N) is 1. The molecule has 2 rings (SSSR count). The van der Waals surface area contributed by atoms with Gasteiger partial charge in [0.2, 0.25) is 0 Å². The van der Waals surface area contributed by atoms with Gasteiger partial charge in [0.05, 0.1) is 11.8 Å². The Bertz CT molecular complexity index is 689. The predicted octanol–water partition coefficient (Wildman–Crippen LogP) is 1.99. The van der Waals surface area contributed by atoms with Crippen LogP contribution in [0.5, 0.6) is 0 Å². The molecular weight excluding hydrogens is 258 g/mol. The second-order valence-corrected chi connectivity index (χ2v) is 4.59. The van der Waals surface area contributed by atoms with Crippen molar-refractivity contribution in [1.82, 2.24) is 9.78 Å². The molecule has 2 aromatic rings. The molecule has 6 nitrogen and oxygen atoms in total. The number of anilines is 1. The molecule has 1 amide bonds. The number of nitrogens with zero attached hydrogens (tertiary/aromatic N) is 2. The number of carboxylic acid groups (broad SMARTS) is 1. The van der Waals surface area contributed by atoms with Crippen LogP contribution in [0.4, 0.5) is 5.69 Å². The van der Waals surface area contributed by atoms with E-state index < -0.39 is 11.9 Å². The van der Waals surface area contributed by atoms with E-state index in [0.29, 0.717) is 5.69 Å². The van der Waals surface area contributed by atoms with Crippen LogP contribution in [0, 0.1) is 13.8 Å². The summed E-state index contributed by atoms with van der Waals surface area (Å²) in [6.07, 6.45) is 1.25. The van der Waals surface area contributed by atoms with Gasteiger partial charge < -0.3 is 10.4 Å². The number of amides is 1. The summed E-state index contributed by atoms with van der Waals surface area (Å²) in [7, 11) is 1.48. The molecule has 0 atom stereocenters. The van der Waals surface area contributed by atoms with Crippen LogP contribution in [0.15, 0.2) is 24.4 Å². The van der Waals surface area contributed by atoms with Crippen LogP contribution in [0.1, 0.15) is 32.0 Å². The van der Waals surface area contributed by atoms with Gasteiger partial charge in [0, 0.05) is 12.7 Å². The topological polar surface area (TPSA) is 84.2 Å². The Morgan fingerprint density at radius 1 is 1.25 bits per heavy atom. The first-order chi connectivity index (χ1) is 9.40. The molecule has 20 heavy (non-hydrogen) atoms. The molecule has 0 aliphatic rings. The fourth-order valence-electron chi connectivity index (χ4n) is 1.87. The summed E-state index contributed by atoms with van der Waals surface area (Å²) in [5.41, 5.74) is 2.70. The van der Waals surface area contributed by atoms with Crippen molar-refractivity contribution in [2.45, 2.75) is 13.8 Å². The zero-order valence-electron chi connectivity index (χ0n) is 11.5. The molecule has 104 valence electrons. The lowest BCUT2D eigenvalue weighted by molar-refractivity contribution is 0.0680. The first-order valence-corrected chi connectivity index (χ1v) is 6.04. The summed E-state index contributed by atoms with van der Waals surface area (Å²) in [6.45, 7) is 3.92. The largest absolute Gasteiger partial charge is 0.477 e. The van der Waals surface area contributed by atoms with Gasteiger partial charge in [-0.2, -0.15) is 5.10 Å². The molecule has 0 spiro atoms. The quantitative estimate of drug-likeness (QED) is 0.895. The Labute approximate surface area is 116 Å². The number of benzene rings is 1. The lowest BCUT2D eigenvalue weighted by atomic mass is 10.1. The van der Waals surface area contributed by atoms with Crippen molar-refractivity contribution in [2.75, 3.05) is 5.32 Å².